The number of aliphatic carboxylic acids is 1. The molecule has 0 saturated heterocycles. The Morgan fingerprint density at radius 1 is 1.23 bits per heavy atom. The fourth-order valence-corrected chi connectivity index (χ4v) is 7.17. The van der Waals surface area contributed by atoms with Gasteiger partial charge < -0.3 is 10.4 Å². The van der Waals surface area contributed by atoms with Crippen LogP contribution in [-0.4, -0.2) is 23.0 Å². The Morgan fingerprint density at radius 2 is 2.03 bits per heavy atom. The normalized spacial score (nSPS) is 29.3. The summed E-state index contributed by atoms with van der Waals surface area (Å²) in [4.78, 5) is 25.3. The molecule has 0 unspecified atom stereocenters. The molecule has 1 heterocycles. The summed E-state index contributed by atoms with van der Waals surface area (Å²) in [5, 5.41) is 14.3. The van der Waals surface area contributed by atoms with E-state index in [0.717, 1.165) is 37.2 Å². The molecule has 3 fully saturated rings. The molecule has 2 bridgehead atoms. The number of carbonyl (C=O) groups excluding carboxylic acids is 1. The number of carboxylic acid groups (broad SMARTS) is 1. The number of rotatable bonds is 8. The molecule has 1 amide bonds. The van der Waals surface area contributed by atoms with Crippen LogP contribution in [0.3, 0.4) is 0 Å². The highest BCUT2D eigenvalue weighted by atomic mass is 32.1. The molecule has 0 aromatic carbocycles. The van der Waals surface area contributed by atoms with E-state index < -0.39 is 5.97 Å². The summed E-state index contributed by atoms with van der Waals surface area (Å²) in [6.45, 7) is 4.74. The van der Waals surface area contributed by atoms with Gasteiger partial charge in [0, 0.05) is 22.7 Å². The Kier molecular flexibility index (Phi) is 6.38. The van der Waals surface area contributed by atoms with Gasteiger partial charge in [-0.15, -0.1) is 11.3 Å². The lowest BCUT2D eigenvalue weighted by Crippen LogP contribution is -2.63. The summed E-state index contributed by atoms with van der Waals surface area (Å²) in [5.74, 6) is 1.21. The average Bonchev–Trinajstić information content (AvgIpc) is 3.15. The fraction of sp³-hybridized carbons (Fsp3) is 0.680. The summed E-state index contributed by atoms with van der Waals surface area (Å²) in [6.07, 6.45) is 14.1. The van der Waals surface area contributed by atoms with Crippen molar-refractivity contribution in [3.63, 3.8) is 0 Å². The number of fused-ring (bicyclic) bond motifs is 3. The van der Waals surface area contributed by atoms with Crippen LogP contribution in [0.2, 0.25) is 0 Å². The third-order valence-electron chi connectivity index (χ3n) is 8.05. The molecule has 4 atom stereocenters. The van der Waals surface area contributed by atoms with Crippen LogP contribution < -0.4 is 5.32 Å². The number of hydrogen-bond acceptors (Lipinski definition) is 3. The Bertz CT molecular complexity index is 824. The van der Waals surface area contributed by atoms with Gasteiger partial charge in [0.05, 0.1) is 5.56 Å². The van der Waals surface area contributed by atoms with Crippen molar-refractivity contribution in [2.75, 3.05) is 0 Å². The van der Waals surface area contributed by atoms with Gasteiger partial charge in [-0.3, -0.25) is 9.59 Å². The van der Waals surface area contributed by atoms with Crippen LogP contribution in [0, 0.1) is 23.2 Å². The van der Waals surface area contributed by atoms with E-state index in [9.17, 15) is 9.59 Å². The van der Waals surface area contributed by atoms with Gasteiger partial charge in [-0.1, -0.05) is 26.0 Å². The van der Waals surface area contributed by atoms with Crippen LogP contribution in [-0.2, 0) is 17.6 Å². The van der Waals surface area contributed by atoms with Crippen LogP contribution in [0.15, 0.2) is 17.5 Å². The van der Waals surface area contributed by atoms with Gasteiger partial charge in [-0.25, -0.2) is 0 Å². The van der Waals surface area contributed by atoms with E-state index >= 15 is 0 Å². The van der Waals surface area contributed by atoms with Crippen molar-refractivity contribution in [3.8, 4) is 0 Å². The second-order valence-electron chi connectivity index (χ2n) is 10.1. The number of nitrogens with one attached hydrogen (secondary N) is 1. The first-order valence-corrected chi connectivity index (χ1v) is 12.5. The Morgan fingerprint density at radius 3 is 2.80 bits per heavy atom. The van der Waals surface area contributed by atoms with Crippen molar-refractivity contribution in [3.05, 3.63) is 33.5 Å². The van der Waals surface area contributed by atoms with Crippen LogP contribution in [0.25, 0.3) is 0 Å². The predicted molar refractivity (Wildman–Crippen MR) is 121 cm³/mol. The van der Waals surface area contributed by atoms with E-state index in [1.54, 1.807) is 11.3 Å². The van der Waals surface area contributed by atoms with Gasteiger partial charge in [0.25, 0.3) is 5.91 Å². The van der Waals surface area contributed by atoms with E-state index in [4.69, 9.17) is 5.11 Å². The SMILES string of the molecule is CC1(C)[C@H]2C[C@H](C/C=C\CCCC(=O)O)[C@@H](NC(=O)c3csc4c3CCCC4)[C@@H]1C2. The van der Waals surface area contributed by atoms with Gasteiger partial charge in [0.15, 0.2) is 0 Å². The van der Waals surface area contributed by atoms with Gasteiger partial charge in [-0.05, 0) is 86.5 Å². The molecule has 164 valence electrons. The number of allylic oxidation sites excluding steroid dienone is 2. The van der Waals surface area contributed by atoms with Crippen molar-refractivity contribution >= 4 is 23.2 Å². The highest BCUT2D eigenvalue weighted by molar-refractivity contribution is 7.10. The molecule has 1 aromatic rings. The Labute approximate surface area is 184 Å². The molecule has 0 aliphatic heterocycles. The maximum atomic E-state index is 13.3. The lowest BCUT2D eigenvalue weighted by atomic mass is 9.44. The lowest BCUT2D eigenvalue weighted by Gasteiger charge is -2.62. The average molecular weight is 430 g/mol. The van der Waals surface area contributed by atoms with E-state index in [1.807, 2.05) is 0 Å². The van der Waals surface area contributed by atoms with E-state index in [1.165, 1.54) is 36.1 Å². The summed E-state index contributed by atoms with van der Waals surface area (Å²) in [7, 11) is 0. The molecule has 4 aliphatic carbocycles. The number of aryl methyl sites for hydroxylation is 1. The van der Waals surface area contributed by atoms with E-state index in [-0.39, 0.29) is 18.4 Å². The molecule has 4 nitrogen and oxygen atoms in total. The first kappa shape index (κ1) is 21.6. The lowest BCUT2D eigenvalue weighted by molar-refractivity contribution is -0.137. The number of amides is 1. The van der Waals surface area contributed by atoms with Crippen molar-refractivity contribution in [1.29, 1.82) is 0 Å². The molecule has 1 aromatic heterocycles. The molecular weight excluding hydrogens is 394 g/mol. The third-order valence-corrected chi connectivity index (χ3v) is 9.13. The maximum absolute atomic E-state index is 13.3. The third kappa shape index (κ3) is 4.23. The highest BCUT2D eigenvalue weighted by Crippen LogP contribution is 2.61. The van der Waals surface area contributed by atoms with Crippen LogP contribution in [0.5, 0.6) is 0 Å². The van der Waals surface area contributed by atoms with Crippen molar-refractivity contribution in [2.45, 2.75) is 84.1 Å². The molecule has 5 heteroatoms. The largest absolute Gasteiger partial charge is 0.481 e. The number of carbonyl (C=O) groups is 2. The summed E-state index contributed by atoms with van der Waals surface area (Å²) < 4.78 is 0. The predicted octanol–water partition coefficient (Wildman–Crippen LogP) is 5.61. The van der Waals surface area contributed by atoms with Gasteiger partial charge in [0.1, 0.15) is 0 Å². The molecule has 30 heavy (non-hydrogen) atoms. The number of thiophene rings is 1. The zero-order valence-electron chi connectivity index (χ0n) is 18.3. The van der Waals surface area contributed by atoms with Crippen molar-refractivity contribution in [1.82, 2.24) is 5.32 Å². The van der Waals surface area contributed by atoms with Crippen LogP contribution in [0.1, 0.15) is 86.0 Å². The molecule has 2 N–H and O–H groups in total. The standard InChI is InChI=1S/C25H35NO3S/c1-25(2)17-13-16(9-5-3-4-6-12-22(27)28)23(20(25)14-17)26-24(29)19-15-30-21-11-8-7-10-18(19)21/h3,5,15-17,20,23H,4,6-14H2,1-2H3,(H,26,29)(H,27,28)/b5-3-/t16-,17-,20-,23+/m0/s1. The van der Waals surface area contributed by atoms with E-state index in [0.29, 0.717) is 23.7 Å². The minimum absolute atomic E-state index is 0.135. The topological polar surface area (TPSA) is 66.4 Å². The summed E-state index contributed by atoms with van der Waals surface area (Å²) >= 11 is 1.76. The molecule has 0 radical (unpaired) electrons. The zero-order valence-corrected chi connectivity index (χ0v) is 19.1. The fourth-order valence-electron chi connectivity index (χ4n) is 6.04. The first-order valence-electron chi connectivity index (χ1n) is 11.6. The molecule has 4 aliphatic rings. The minimum atomic E-state index is -0.726. The second-order valence-corrected chi connectivity index (χ2v) is 11.1. The molecule has 3 saturated carbocycles. The summed E-state index contributed by atoms with van der Waals surface area (Å²) in [5.41, 5.74) is 2.55. The smallest absolute Gasteiger partial charge is 0.303 e. The maximum Gasteiger partial charge on any atom is 0.303 e. The molecule has 0 spiro atoms. The monoisotopic (exact) mass is 429 g/mol. The van der Waals surface area contributed by atoms with Gasteiger partial charge in [0.2, 0.25) is 0 Å². The van der Waals surface area contributed by atoms with Crippen molar-refractivity contribution < 1.29 is 14.7 Å². The molecular formula is C25H35NO3S. The van der Waals surface area contributed by atoms with Gasteiger partial charge in [-0.2, -0.15) is 0 Å². The van der Waals surface area contributed by atoms with Crippen molar-refractivity contribution in [2.24, 2.45) is 23.2 Å². The number of unbranched alkanes of at least 4 members (excludes halogenated alkanes) is 1. The van der Waals surface area contributed by atoms with Crippen LogP contribution in [0.4, 0.5) is 0 Å². The van der Waals surface area contributed by atoms with Gasteiger partial charge >= 0.3 is 5.97 Å². The highest BCUT2D eigenvalue weighted by Gasteiger charge is 2.57. The Hall–Kier alpha value is -1.62. The zero-order chi connectivity index (χ0) is 21.3. The quantitative estimate of drug-likeness (QED) is 0.417. The van der Waals surface area contributed by atoms with E-state index in [2.05, 4.69) is 36.7 Å². The summed E-state index contributed by atoms with van der Waals surface area (Å²) in [6, 6.07) is 0.236. The van der Waals surface area contributed by atoms with Crippen LogP contribution >= 0.6 is 11.3 Å². The second kappa shape index (κ2) is 8.86. The Balaban J connectivity index is 1.41. The number of hydrogen-bond donors (Lipinski definition) is 2. The first-order chi connectivity index (χ1) is 14.4. The number of carboxylic acids is 1. The molecule has 5 rings (SSSR count). The minimum Gasteiger partial charge on any atom is -0.481 e.